The lowest BCUT2D eigenvalue weighted by atomic mass is 9.99. The van der Waals surface area contributed by atoms with E-state index >= 15 is 0 Å². The number of amides is 1. The number of rotatable bonds is 4. The third-order valence-corrected chi connectivity index (χ3v) is 4.20. The molecule has 0 atom stereocenters. The van der Waals surface area contributed by atoms with Gasteiger partial charge in [0.05, 0.1) is 11.1 Å². The molecule has 4 heteroatoms. The van der Waals surface area contributed by atoms with Crippen molar-refractivity contribution in [2.45, 2.75) is 26.8 Å². The SMILES string of the molecule is CCc1nc2ccccc2c(C(=O)NCc2ccccc2F)c1C. The van der Waals surface area contributed by atoms with Crippen molar-refractivity contribution >= 4 is 16.8 Å². The molecule has 3 rings (SSSR count). The predicted molar refractivity (Wildman–Crippen MR) is 93.4 cm³/mol. The Labute approximate surface area is 140 Å². The highest BCUT2D eigenvalue weighted by atomic mass is 19.1. The third kappa shape index (κ3) is 3.00. The normalized spacial score (nSPS) is 10.8. The largest absolute Gasteiger partial charge is 0.348 e. The molecule has 0 saturated heterocycles. The van der Waals surface area contributed by atoms with Crippen molar-refractivity contribution in [2.75, 3.05) is 0 Å². The van der Waals surface area contributed by atoms with E-state index in [1.807, 2.05) is 38.1 Å². The molecule has 1 N–H and O–H groups in total. The fourth-order valence-corrected chi connectivity index (χ4v) is 2.90. The Hall–Kier alpha value is -2.75. The summed E-state index contributed by atoms with van der Waals surface area (Å²) in [6.07, 6.45) is 0.754. The first-order chi connectivity index (χ1) is 11.6. The summed E-state index contributed by atoms with van der Waals surface area (Å²) in [6, 6.07) is 14.1. The molecule has 0 spiro atoms. The molecule has 24 heavy (non-hydrogen) atoms. The lowest BCUT2D eigenvalue weighted by molar-refractivity contribution is 0.0951. The molecule has 1 aromatic heterocycles. The van der Waals surface area contributed by atoms with Gasteiger partial charge in [0.25, 0.3) is 5.91 Å². The van der Waals surface area contributed by atoms with Crippen LogP contribution in [0.3, 0.4) is 0 Å². The molecule has 1 amide bonds. The van der Waals surface area contributed by atoms with Crippen LogP contribution in [-0.4, -0.2) is 10.9 Å². The van der Waals surface area contributed by atoms with Crippen LogP contribution in [0.1, 0.15) is 34.1 Å². The van der Waals surface area contributed by atoms with Crippen LogP contribution >= 0.6 is 0 Å². The van der Waals surface area contributed by atoms with Gasteiger partial charge in [-0.1, -0.05) is 43.3 Å². The molecule has 0 aliphatic rings. The highest BCUT2D eigenvalue weighted by molar-refractivity contribution is 6.07. The number of pyridine rings is 1. The van der Waals surface area contributed by atoms with E-state index in [0.717, 1.165) is 28.6 Å². The van der Waals surface area contributed by atoms with Crippen LogP contribution in [-0.2, 0) is 13.0 Å². The van der Waals surface area contributed by atoms with Crippen LogP contribution < -0.4 is 5.32 Å². The summed E-state index contributed by atoms with van der Waals surface area (Å²) in [4.78, 5) is 17.4. The van der Waals surface area contributed by atoms with Crippen LogP contribution in [0.5, 0.6) is 0 Å². The first-order valence-corrected chi connectivity index (χ1v) is 8.01. The molecular formula is C20H19FN2O. The fourth-order valence-electron chi connectivity index (χ4n) is 2.90. The number of benzene rings is 2. The number of aryl methyl sites for hydroxylation is 1. The zero-order chi connectivity index (χ0) is 17.1. The second kappa shape index (κ2) is 6.79. The van der Waals surface area contributed by atoms with Gasteiger partial charge in [-0.2, -0.15) is 0 Å². The van der Waals surface area contributed by atoms with E-state index in [1.54, 1.807) is 18.2 Å². The molecule has 3 nitrogen and oxygen atoms in total. The van der Waals surface area contributed by atoms with Gasteiger partial charge < -0.3 is 5.32 Å². The number of nitrogens with one attached hydrogen (secondary N) is 1. The van der Waals surface area contributed by atoms with Crippen molar-refractivity contribution in [3.8, 4) is 0 Å². The zero-order valence-electron chi connectivity index (χ0n) is 13.8. The first-order valence-electron chi connectivity index (χ1n) is 8.01. The molecule has 3 aromatic rings. The van der Waals surface area contributed by atoms with Gasteiger partial charge in [-0.3, -0.25) is 9.78 Å². The smallest absolute Gasteiger partial charge is 0.252 e. The Morgan fingerprint density at radius 3 is 2.58 bits per heavy atom. The number of halogens is 1. The van der Waals surface area contributed by atoms with Gasteiger partial charge in [-0.05, 0) is 31.0 Å². The summed E-state index contributed by atoms with van der Waals surface area (Å²) in [6.45, 7) is 4.09. The van der Waals surface area contributed by atoms with E-state index in [9.17, 15) is 9.18 Å². The average molecular weight is 322 g/mol. The lowest BCUT2D eigenvalue weighted by Crippen LogP contribution is -2.25. The number of hydrogen-bond acceptors (Lipinski definition) is 2. The minimum absolute atomic E-state index is 0.156. The number of carbonyl (C=O) groups excluding carboxylic acids is 1. The summed E-state index contributed by atoms with van der Waals surface area (Å²) < 4.78 is 13.7. The molecule has 0 fully saturated rings. The van der Waals surface area contributed by atoms with Gasteiger partial charge in [-0.25, -0.2) is 4.39 Å². The van der Waals surface area contributed by atoms with E-state index in [1.165, 1.54) is 6.07 Å². The van der Waals surface area contributed by atoms with Gasteiger partial charge in [0.2, 0.25) is 0 Å². The molecule has 0 radical (unpaired) electrons. The van der Waals surface area contributed by atoms with Crippen LogP contribution in [0, 0.1) is 12.7 Å². The number of aromatic nitrogens is 1. The van der Waals surface area contributed by atoms with Crippen molar-refractivity contribution in [3.05, 3.63) is 76.7 Å². The van der Waals surface area contributed by atoms with Crippen LogP contribution in [0.25, 0.3) is 10.9 Å². The van der Waals surface area contributed by atoms with E-state index in [4.69, 9.17) is 0 Å². The maximum Gasteiger partial charge on any atom is 0.252 e. The average Bonchev–Trinajstić information content (AvgIpc) is 2.60. The number of hydrogen-bond donors (Lipinski definition) is 1. The van der Waals surface area contributed by atoms with Crippen molar-refractivity contribution in [2.24, 2.45) is 0 Å². The molecule has 0 bridgehead atoms. The summed E-state index contributed by atoms with van der Waals surface area (Å²) in [7, 11) is 0. The Balaban J connectivity index is 1.97. The van der Waals surface area contributed by atoms with Gasteiger partial charge in [0.15, 0.2) is 0 Å². The van der Waals surface area contributed by atoms with E-state index in [-0.39, 0.29) is 18.3 Å². The summed E-state index contributed by atoms with van der Waals surface area (Å²) in [5, 5.41) is 3.65. The minimum atomic E-state index is -0.316. The Morgan fingerprint density at radius 1 is 1.12 bits per heavy atom. The highest BCUT2D eigenvalue weighted by Gasteiger charge is 2.17. The highest BCUT2D eigenvalue weighted by Crippen LogP contribution is 2.23. The molecular weight excluding hydrogens is 303 g/mol. The number of fused-ring (bicyclic) bond motifs is 1. The quantitative estimate of drug-likeness (QED) is 0.783. The van der Waals surface area contributed by atoms with E-state index < -0.39 is 0 Å². The second-order valence-corrected chi connectivity index (χ2v) is 5.70. The molecule has 0 saturated carbocycles. The number of nitrogens with zero attached hydrogens (tertiary/aromatic N) is 1. The Bertz CT molecular complexity index is 905. The van der Waals surface area contributed by atoms with E-state index in [0.29, 0.717) is 11.1 Å². The minimum Gasteiger partial charge on any atom is -0.348 e. The van der Waals surface area contributed by atoms with Crippen LogP contribution in [0.15, 0.2) is 48.5 Å². The molecule has 2 aromatic carbocycles. The molecule has 0 unspecified atom stereocenters. The Kier molecular flexibility index (Phi) is 4.56. The summed E-state index contributed by atoms with van der Waals surface area (Å²) >= 11 is 0. The number of carbonyl (C=O) groups is 1. The van der Waals surface area contributed by atoms with Gasteiger partial charge in [0, 0.05) is 23.2 Å². The standard InChI is InChI=1S/C20H19FN2O/c1-3-17-13(2)19(15-9-5-7-11-18(15)23-17)20(24)22-12-14-8-4-6-10-16(14)21/h4-11H,3,12H2,1-2H3,(H,22,24). The zero-order valence-corrected chi connectivity index (χ0v) is 13.8. The topological polar surface area (TPSA) is 42.0 Å². The van der Waals surface area contributed by atoms with Gasteiger partial charge in [-0.15, -0.1) is 0 Å². The third-order valence-electron chi connectivity index (χ3n) is 4.20. The van der Waals surface area contributed by atoms with Crippen molar-refractivity contribution in [3.63, 3.8) is 0 Å². The van der Waals surface area contributed by atoms with Crippen molar-refractivity contribution in [1.82, 2.24) is 10.3 Å². The summed E-state index contributed by atoms with van der Waals surface area (Å²) in [5.41, 5.74) is 3.68. The molecule has 122 valence electrons. The predicted octanol–water partition coefficient (Wildman–Crippen LogP) is 4.17. The van der Waals surface area contributed by atoms with Crippen molar-refractivity contribution in [1.29, 1.82) is 0 Å². The van der Waals surface area contributed by atoms with Crippen molar-refractivity contribution < 1.29 is 9.18 Å². The van der Waals surface area contributed by atoms with Crippen LogP contribution in [0.4, 0.5) is 4.39 Å². The molecule has 1 heterocycles. The number of para-hydroxylation sites is 1. The first kappa shape index (κ1) is 16.1. The second-order valence-electron chi connectivity index (χ2n) is 5.70. The summed E-state index contributed by atoms with van der Waals surface area (Å²) in [5.74, 6) is -0.521. The van der Waals surface area contributed by atoms with Gasteiger partial charge >= 0.3 is 0 Å². The Morgan fingerprint density at radius 2 is 1.83 bits per heavy atom. The fraction of sp³-hybridized carbons (Fsp3) is 0.200. The monoisotopic (exact) mass is 322 g/mol. The molecule has 0 aliphatic carbocycles. The van der Waals surface area contributed by atoms with E-state index in [2.05, 4.69) is 10.3 Å². The maximum absolute atomic E-state index is 13.7. The lowest BCUT2D eigenvalue weighted by Gasteiger charge is -2.14. The van der Waals surface area contributed by atoms with Gasteiger partial charge in [0.1, 0.15) is 5.82 Å². The molecule has 0 aliphatic heterocycles. The van der Waals surface area contributed by atoms with Crippen LogP contribution in [0.2, 0.25) is 0 Å². The maximum atomic E-state index is 13.7.